The minimum atomic E-state index is -0.433. The van der Waals surface area contributed by atoms with E-state index in [2.05, 4.69) is 26.5 Å². The number of aromatic nitrogens is 4. The van der Waals surface area contributed by atoms with E-state index in [4.69, 9.17) is 5.26 Å². The smallest absolute Gasteiger partial charge is 0.253 e. The van der Waals surface area contributed by atoms with Gasteiger partial charge in [0.1, 0.15) is 0 Å². The second-order valence-electron chi connectivity index (χ2n) is 8.64. The molecule has 3 aromatic rings. The zero-order chi connectivity index (χ0) is 22.8. The highest BCUT2D eigenvalue weighted by atomic mass is 16.3. The van der Waals surface area contributed by atoms with Crippen molar-refractivity contribution in [2.75, 3.05) is 18.4 Å². The van der Waals surface area contributed by atoms with Crippen LogP contribution < -0.4 is 5.32 Å². The standard InChI is InChI=1S/C24H25N7O2/c25-10-7-22(16-1-2-16)31-14-18(13-27-31)21-8-11-26-24(29-21)28-19-5-3-17(4-6-19)23(33)30-12-9-20(32)15-30/h3-6,8,11,13-14,16,20,22,32H,1-2,7,9,12,15H2,(H,26,28,29)/t20-,22?/m1/s1. The van der Waals surface area contributed by atoms with Crippen LogP contribution in [-0.4, -0.2) is 54.9 Å². The first-order chi connectivity index (χ1) is 16.1. The van der Waals surface area contributed by atoms with Gasteiger partial charge in [0.2, 0.25) is 5.95 Å². The van der Waals surface area contributed by atoms with Crippen molar-refractivity contribution >= 4 is 17.5 Å². The zero-order valence-corrected chi connectivity index (χ0v) is 18.1. The highest BCUT2D eigenvalue weighted by molar-refractivity contribution is 5.94. The van der Waals surface area contributed by atoms with Crippen molar-refractivity contribution in [3.63, 3.8) is 0 Å². The number of carbonyl (C=O) groups excluding carboxylic acids is 1. The first-order valence-electron chi connectivity index (χ1n) is 11.2. The molecule has 33 heavy (non-hydrogen) atoms. The summed E-state index contributed by atoms with van der Waals surface area (Å²) in [7, 11) is 0. The van der Waals surface area contributed by atoms with Gasteiger partial charge in [-0.15, -0.1) is 0 Å². The molecule has 3 heterocycles. The normalized spacial score (nSPS) is 18.7. The lowest BCUT2D eigenvalue weighted by atomic mass is 10.1. The number of likely N-dealkylation sites (tertiary alicyclic amines) is 1. The van der Waals surface area contributed by atoms with Gasteiger partial charge < -0.3 is 15.3 Å². The molecule has 2 atom stereocenters. The minimum Gasteiger partial charge on any atom is -0.391 e. The predicted molar refractivity (Wildman–Crippen MR) is 121 cm³/mol. The van der Waals surface area contributed by atoms with Crippen LogP contribution in [0.1, 0.15) is 42.1 Å². The quantitative estimate of drug-likeness (QED) is 0.575. The Bertz CT molecular complexity index is 1180. The minimum absolute atomic E-state index is 0.0748. The highest BCUT2D eigenvalue weighted by Crippen LogP contribution is 2.41. The van der Waals surface area contributed by atoms with Crippen LogP contribution in [0.3, 0.4) is 0 Å². The van der Waals surface area contributed by atoms with E-state index in [-0.39, 0.29) is 11.9 Å². The van der Waals surface area contributed by atoms with Crippen molar-refractivity contribution in [2.24, 2.45) is 5.92 Å². The fourth-order valence-corrected chi connectivity index (χ4v) is 4.22. The summed E-state index contributed by atoms with van der Waals surface area (Å²) in [6, 6.07) is 11.4. The number of anilines is 2. The molecule has 1 saturated carbocycles. The lowest BCUT2D eigenvalue weighted by Crippen LogP contribution is -2.29. The second-order valence-corrected chi connectivity index (χ2v) is 8.64. The van der Waals surface area contributed by atoms with E-state index in [0.717, 1.165) is 29.8 Å². The monoisotopic (exact) mass is 443 g/mol. The fraction of sp³-hybridized carbons (Fsp3) is 0.375. The number of carbonyl (C=O) groups is 1. The van der Waals surface area contributed by atoms with Gasteiger partial charge in [0.05, 0.1) is 36.5 Å². The van der Waals surface area contributed by atoms with Crippen molar-refractivity contribution in [1.82, 2.24) is 24.6 Å². The maximum Gasteiger partial charge on any atom is 0.253 e. The van der Waals surface area contributed by atoms with Gasteiger partial charge in [0.15, 0.2) is 0 Å². The van der Waals surface area contributed by atoms with Crippen LogP contribution in [0.4, 0.5) is 11.6 Å². The summed E-state index contributed by atoms with van der Waals surface area (Å²) >= 11 is 0. The van der Waals surface area contributed by atoms with E-state index in [9.17, 15) is 9.90 Å². The molecule has 2 fully saturated rings. The molecule has 9 nitrogen and oxygen atoms in total. The predicted octanol–water partition coefficient (Wildman–Crippen LogP) is 3.16. The molecular formula is C24H25N7O2. The third kappa shape index (κ3) is 4.71. The Hall–Kier alpha value is -3.77. The number of benzene rings is 1. The molecule has 0 bridgehead atoms. The lowest BCUT2D eigenvalue weighted by Gasteiger charge is -2.15. The van der Waals surface area contributed by atoms with E-state index < -0.39 is 6.10 Å². The van der Waals surface area contributed by atoms with Gasteiger partial charge >= 0.3 is 0 Å². The van der Waals surface area contributed by atoms with E-state index in [1.54, 1.807) is 29.4 Å². The molecule has 2 aromatic heterocycles. The maximum atomic E-state index is 12.5. The molecule has 5 rings (SSSR count). The van der Waals surface area contributed by atoms with Crippen molar-refractivity contribution in [3.05, 3.63) is 54.5 Å². The van der Waals surface area contributed by atoms with Gasteiger partial charge in [0, 0.05) is 42.3 Å². The van der Waals surface area contributed by atoms with Gasteiger partial charge in [0.25, 0.3) is 5.91 Å². The average molecular weight is 444 g/mol. The number of nitrogens with one attached hydrogen (secondary N) is 1. The van der Waals surface area contributed by atoms with Crippen LogP contribution in [0.25, 0.3) is 11.3 Å². The van der Waals surface area contributed by atoms with Gasteiger partial charge in [-0.3, -0.25) is 9.48 Å². The molecule has 0 radical (unpaired) electrons. The van der Waals surface area contributed by atoms with Gasteiger partial charge in [-0.05, 0) is 55.5 Å². The van der Waals surface area contributed by atoms with E-state index in [0.29, 0.717) is 43.4 Å². The number of rotatable bonds is 7. The Morgan fingerprint density at radius 3 is 2.76 bits per heavy atom. The topological polar surface area (TPSA) is 120 Å². The Kier molecular flexibility index (Phi) is 5.75. The Morgan fingerprint density at radius 2 is 2.06 bits per heavy atom. The van der Waals surface area contributed by atoms with E-state index in [1.165, 1.54) is 0 Å². The van der Waals surface area contributed by atoms with E-state index >= 15 is 0 Å². The van der Waals surface area contributed by atoms with Crippen molar-refractivity contribution in [2.45, 2.75) is 37.8 Å². The molecule has 1 saturated heterocycles. The van der Waals surface area contributed by atoms with Crippen LogP contribution in [0.15, 0.2) is 48.9 Å². The molecule has 1 unspecified atom stereocenters. The molecule has 9 heteroatoms. The molecule has 2 aliphatic rings. The number of amides is 1. The summed E-state index contributed by atoms with van der Waals surface area (Å²) in [6.07, 6.45) is 8.35. The summed E-state index contributed by atoms with van der Waals surface area (Å²) in [5.41, 5.74) is 2.96. The number of hydrogen-bond donors (Lipinski definition) is 2. The summed E-state index contributed by atoms with van der Waals surface area (Å²) in [6.45, 7) is 0.961. The van der Waals surface area contributed by atoms with Crippen LogP contribution in [0.2, 0.25) is 0 Å². The van der Waals surface area contributed by atoms with Crippen LogP contribution in [0.5, 0.6) is 0 Å². The molecule has 1 aliphatic carbocycles. The first-order valence-corrected chi connectivity index (χ1v) is 11.2. The van der Waals surface area contributed by atoms with E-state index in [1.807, 2.05) is 29.1 Å². The number of β-amino-alcohol motifs (C(OH)–C–C–N with tert-alkyl or cyclic N) is 1. The fourth-order valence-electron chi connectivity index (χ4n) is 4.22. The number of aliphatic hydroxyl groups is 1. The molecule has 1 aromatic carbocycles. The van der Waals surface area contributed by atoms with Crippen LogP contribution in [0, 0.1) is 17.2 Å². The number of nitriles is 1. The number of nitrogens with zero attached hydrogens (tertiary/aromatic N) is 6. The molecular weight excluding hydrogens is 418 g/mol. The van der Waals surface area contributed by atoms with Crippen LogP contribution >= 0.6 is 0 Å². The van der Waals surface area contributed by atoms with Crippen molar-refractivity contribution in [1.29, 1.82) is 5.26 Å². The first kappa shape index (κ1) is 21.1. The van der Waals surface area contributed by atoms with Crippen molar-refractivity contribution in [3.8, 4) is 17.3 Å². The van der Waals surface area contributed by atoms with Gasteiger partial charge in [-0.2, -0.15) is 10.4 Å². The zero-order valence-electron chi connectivity index (χ0n) is 18.1. The maximum absolute atomic E-state index is 12.5. The molecule has 0 spiro atoms. The average Bonchev–Trinajstić information content (AvgIpc) is 3.38. The number of aliphatic hydroxyl groups excluding tert-OH is 1. The number of hydrogen-bond acceptors (Lipinski definition) is 7. The summed E-state index contributed by atoms with van der Waals surface area (Å²) in [5, 5.41) is 26.4. The van der Waals surface area contributed by atoms with Crippen molar-refractivity contribution < 1.29 is 9.90 Å². The molecule has 1 amide bonds. The lowest BCUT2D eigenvalue weighted by molar-refractivity contribution is 0.0765. The molecule has 168 valence electrons. The third-order valence-corrected chi connectivity index (χ3v) is 6.20. The summed E-state index contributed by atoms with van der Waals surface area (Å²) in [4.78, 5) is 23.1. The Morgan fingerprint density at radius 1 is 1.24 bits per heavy atom. The summed E-state index contributed by atoms with van der Waals surface area (Å²) in [5.74, 6) is 0.900. The molecule has 1 aliphatic heterocycles. The van der Waals surface area contributed by atoms with Gasteiger partial charge in [-0.1, -0.05) is 0 Å². The second kappa shape index (κ2) is 9.00. The largest absolute Gasteiger partial charge is 0.391 e. The SMILES string of the molecule is N#CCC(C1CC1)n1cc(-c2ccnc(Nc3ccc(C(=O)N4CC[C@@H](O)C4)cc3)n2)cn1. The van der Waals surface area contributed by atoms with Crippen LogP contribution in [-0.2, 0) is 0 Å². The third-order valence-electron chi connectivity index (χ3n) is 6.20. The Balaban J connectivity index is 1.27. The summed E-state index contributed by atoms with van der Waals surface area (Å²) < 4.78 is 1.89. The highest BCUT2D eigenvalue weighted by Gasteiger charge is 2.33. The Labute approximate surface area is 191 Å². The van der Waals surface area contributed by atoms with Gasteiger partial charge in [-0.25, -0.2) is 9.97 Å². The molecule has 2 N–H and O–H groups in total.